The fourth-order valence-electron chi connectivity index (χ4n) is 4.75. The van der Waals surface area contributed by atoms with Crippen LogP contribution in [0.5, 0.6) is 0 Å². The summed E-state index contributed by atoms with van der Waals surface area (Å²) in [4.78, 5) is 30.5. The Kier molecular flexibility index (Phi) is 5.61. The molecule has 0 aliphatic carbocycles. The highest BCUT2D eigenvalue weighted by atomic mass is 16.2. The Morgan fingerprint density at radius 2 is 1.88 bits per heavy atom. The molecule has 172 valence electrons. The Bertz CT molecular complexity index is 1360. The van der Waals surface area contributed by atoms with Gasteiger partial charge in [0.15, 0.2) is 0 Å². The molecule has 7 heteroatoms. The maximum absolute atomic E-state index is 12.9. The Morgan fingerprint density at radius 3 is 2.68 bits per heavy atom. The average molecular weight is 453 g/mol. The van der Waals surface area contributed by atoms with Gasteiger partial charge in [-0.25, -0.2) is 9.97 Å². The summed E-state index contributed by atoms with van der Waals surface area (Å²) in [6, 6.07) is 16.1. The number of hydrogen-bond acceptors (Lipinski definition) is 6. The number of pyridine rings is 1. The first-order valence-electron chi connectivity index (χ1n) is 11.6. The third-order valence-electron chi connectivity index (χ3n) is 6.37. The SMILES string of the molecule is CCC1C(=O)N(C)c2ccc(Nc3nccc(-c4cncc5ccccc45)n3)cc2N1C(C)C. The number of hydrogen-bond donors (Lipinski definition) is 1. The van der Waals surface area contributed by atoms with Crippen LogP contribution < -0.4 is 15.1 Å². The summed E-state index contributed by atoms with van der Waals surface area (Å²) in [7, 11) is 1.85. The highest BCUT2D eigenvalue weighted by Crippen LogP contribution is 2.39. The number of nitrogens with one attached hydrogen (secondary N) is 1. The molecule has 0 bridgehead atoms. The first-order valence-corrected chi connectivity index (χ1v) is 11.6. The molecular weight excluding hydrogens is 424 g/mol. The zero-order valence-electron chi connectivity index (χ0n) is 19.9. The normalized spacial score (nSPS) is 15.7. The highest BCUT2D eigenvalue weighted by molar-refractivity contribution is 6.05. The predicted molar refractivity (Wildman–Crippen MR) is 138 cm³/mol. The minimum atomic E-state index is -0.175. The lowest BCUT2D eigenvalue weighted by molar-refractivity contribution is -0.120. The second kappa shape index (κ2) is 8.74. The molecule has 2 aromatic heterocycles. The molecule has 5 rings (SSSR count). The van der Waals surface area contributed by atoms with E-state index in [9.17, 15) is 4.79 Å². The second-order valence-corrected chi connectivity index (χ2v) is 8.82. The molecular formula is C27H28N6O. The Morgan fingerprint density at radius 1 is 1.06 bits per heavy atom. The van der Waals surface area contributed by atoms with Crippen molar-refractivity contribution in [3.8, 4) is 11.3 Å². The van der Waals surface area contributed by atoms with Crippen LogP contribution in [-0.2, 0) is 4.79 Å². The van der Waals surface area contributed by atoms with Crippen molar-refractivity contribution in [3.05, 3.63) is 67.1 Å². The summed E-state index contributed by atoms with van der Waals surface area (Å²) in [5.41, 5.74) is 4.58. The third-order valence-corrected chi connectivity index (χ3v) is 6.37. The second-order valence-electron chi connectivity index (χ2n) is 8.82. The summed E-state index contributed by atoms with van der Waals surface area (Å²) in [5.74, 6) is 0.637. The lowest BCUT2D eigenvalue weighted by Gasteiger charge is -2.44. The fraction of sp³-hybridized carbons (Fsp3) is 0.259. The minimum absolute atomic E-state index is 0.129. The van der Waals surface area contributed by atoms with Gasteiger partial charge in [0.05, 0.1) is 17.1 Å². The van der Waals surface area contributed by atoms with Gasteiger partial charge >= 0.3 is 0 Å². The lowest BCUT2D eigenvalue weighted by Crippen LogP contribution is -2.54. The van der Waals surface area contributed by atoms with E-state index in [0.29, 0.717) is 5.95 Å². The number of amides is 1. The standard InChI is InChI=1S/C27H28N6O/c1-5-23-26(34)32(4)24-11-10-19(14-25(24)33(23)17(2)3)30-27-29-13-12-22(31-27)21-16-28-15-18-8-6-7-9-20(18)21/h6-17,23H,5H2,1-4H3,(H,29,30,31). The zero-order chi connectivity index (χ0) is 23.8. The van der Waals surface area contributed by atoms with Crippen molar-refractivity contribution in [2.45, 2.75) is 39.3 Å². The Hall–Kier alpha value is -4.00. The van der Waals surface area contributed by atoms with E-state index in [1.807, 2.05) is 55.8 Å². The quantitative estimate of drug-likeness (QED) is 0.437. The van der Waals surface area contributed by atoms with Gasteiger partial charge in [-0.1, -0.05) is 31.2 Å². The van der Waals surface area contributed by atoms with Gasteiger partial charge in [0.25, 0.3) is 0 Å². The molecule has 0 saturated heterocycles. The number of rotatable bonds is 5. The molecule has 1 aliphatic rings. The topological polar surface area (TPSA) is 74.2 Å². The van der Waals surface area contributed by atoms with Gasteiger partial charge in [-0.2, -0.15) is 0 Å². The van der Waals surface area contributed by atoms with Crippen molar-refractivity contribution in [3.63, 3.8) is 0 Å². The number of carbonyl (C=O) groups is 1. The molecule has 7 nitrogen and oxygen atoms in total. The van der Waals surface area contributed by atoms with E-state index >= 15 is 0 Å². The van der Waals surface area contributed by atoms with Crippen LogP contribution in [0.1, 0.15) is 27.2 Å². The van der Waals surface area contributed by atoms with E-state index in [0.717, 1.165) is 45.5 Å². The van der Waals surface area contributed by atoms with Crippen LogP contribution in [0.2, 0.25) is 0 Å². The molecule has 1 atom stereocenters. The minimum Gasteiger partial charge on any atom is -0.355 e. The maximum Gasteiger partial charge on any atom is 0.249 e. The molecule has 1 unspecified atom stereocenters. The van der Waals surface area contributed by atoms with Crippen molar-refractivity contribution in [2.75, 3.05) is 22.2 Å². The largest absolute Gasteiger partial charge is 0.355 e. The van der Waals surface area contributed by atoms with Crippen LogP contribution >= 0.6 is 0 Å². The first kappa shape index (κ1) is 21.8. The monoisotopic (exact) mass is 452 g/mol. The zero-order valence-corrected chi connectivity index (χ0v) is 19.9. The van der Waals surface area contributed by atoms with E-state index in [4.69, 9.17) is 4.98 Å². The van der Waals surface area contributed by atoms with Gasteiger partial charge < -0.3 is 15.1 Å². The molecule has 4 aromatic rings. The van der Waals surface area contributed by atoms with Crippen LogP contribution in [0.25, 0.3) is 22.0 Å². The van der Waals surface area contributed by atoms with E-state index in [1.165, 1.54) is 0 Å². The van der Waals surface area contributed by atoms with Crippen molar-refractivity contribution in [2.24, 2.45) is 0 Å². The predicted octanol–water partition coefficient (Wildman–Crippen LogP) is 5.41. The maximum atomic E-state index is 12.9. The van der Waals surface area contributed by atoms with Crippen LogP contribution in [0.3, 0.4) is 0 Å². The van der Waals surface area contributed by atoms with Crippen LogP contribution in [0.15, 0.2) is 67.1 Å². The van der Waals surface area contributed by atoms with Crippen LogP contribution in [-0.4, -0.2) is 40.0 Å². The molecule has 3 heterocycles. The average Bonchev–Trinajstić information content (AvgIpc) is 2.85. The van der Waals surface area contributed by atoms with E-state index < -0.39 is 0 Å². The molecule has 0 radical (unpaired) electrons. The van der Waals surface area contributed by atoms with E-state index in [1.54, 1.807) is 11.1 Å². The van der Waals surface area contributed by atoms with Gasteiger partial charge in [0.1, 0.15) is 6.04 Å². The lowest BCUT2D eigenvalue weighted by atomic mass is 10.0. The molecule has 0 spiro atoms. The van der Waals surface area contributed by atoms with Gasteiger partial charge in [-0.05, 0) is 49.9 Å². The number of aromatic nitrogens is 3. The van der Waals surface area contributed by atoms with Crippen LogP contribution in [0.4, 0.5) is 23.0 Å². The number of nitrogens with zero attached hydrogens (tertiary/aromatic N) is 5. The molecule has 1 amide bonds. The van der Waals surface area contributed by atoms with Crippen molar-refractivity contribution < 1.29 is 4.79 Å². The summed E-state index contributed by atoms with van der Waals surface area (Å²) in [5, 5.41) is 5.53. The molecule has 1 aliphatic heterocycles. The molecule has 1 N–H and O–H groups in total. The number of anilines is 4. The van der Waals surface area contributed by atoms with E-state index in [2.05, 4.69) is 53.1 Å². The number of likely N-dealkylation sites (N-methyl/N-ethyl adjacent to an activating group) is 1. The van der Waals surface area contributed by atoms with Crippen LogP contribution in [0, 0.1) is 0 Å². The number of fused-ring (bicyclic) bond motifs is 2. The summed E-state index contributed by atoms with van der Waals surface area (Å²) in [6.45, 7) is 6.30. The third kappa shape index (κ3) is 3.73. The molecule has 0 fully saturated rings. The molecule has 2 aromatic carbocycles. The summed E-state index contributed by atoms with van der Waals surface area (Å²) >= 11 is 0. The van der Waals surface area contributed by atoms with Crippen molar-refractivity contribution >= 4 is 39.7 Å². The highest BCUT2D eigenvalue weighted by Gasteiger charge is 2.36. The Labute approximate surface area is 199 Å². The van der Waals surface area contributed by atoms with Gasteiger partial charge in [-0.15, -0.1) is 0 Å². The van der Waals surface area contributed by atoms with Gasteiger partial charge in [-0.3, -0.25) is 9.78 Å². The van der Waals surface area contributed by atoms with Gasteiger partial charge in [0, 0.05) is 48.3 Å². The number of carbonyl (C=O) groups excluding carboxylic acids is 1. The fourth-order valence-corrected chi connectivity index (χ4v) is 4.75. The number of benzene rings is 2. The Balaban J connectivity index is 1.51. The van der Waals surface area contributed by atoms with Crippen molar-refractivity contribution in [1.82, 2.24) is 15.0 Å². The van der Waals surface area contributed by atoms with Crippen molar-refractivity contribution in [1.29, 1.82) is 0 Å². The van der Waals surface area contributed by atoms with Gasteiger partial charge in [0.2, 0.25) is 11.9 Å². The summed E-state index contributed by atoms with van der Waals surface area (Å²) < 4.78 is 0. The smallest absolute Gasteiger partial charge is 0.249 e. The summed E-state index contributed by atoms with van der Waals surface area (Å²) in [6.07, 6.45) is 6.21. The first-order chi connectivity index (χ1) is 16.5. The van der Waals surface area contributed by atoms with E-state index in [-0.39, 0.29) is 18.0 Å². The molecule has 0 saturated carbocycles. The molecule has 34 heavy (non-hydrogen) atoms.